The number of ketones is 1. The van der Waals surface area contributed by atoms with Crippen LogP contribution in [0.15, 0.2) is 11.8 Å². The van der Waals surface area contributed by atoms with Crippen LogP contribution < -0.4 is 5.11 Å². The summed E-state index contributed by atoms with van der Waals surface area (Å²) >= 11 is 0. The van der Waals surface area contributed by atoms with E-state index in [9.17, 15) is 14.7 Å². The number of ether oxygens (including phenoxy) is 1. The van der Waals surface area contributed by atoms with Crippen LogP contribution in [0.1, 0.15) is 39.0 Å². The Kier molecular flexibility index (Phi) is 5.02. The van der Waals surface area contributed by atoms with Crippen LogP contribution in [0.2, 0.25) is 0 Å². The molecule has 1 saturated carbocycles. The molecule has 0 aliphatic heterocycles. The minimum atomic E-state index is -0.784. The smallest absolute Gasteiger partial charge is 0.340 e. The van der Waals surface area contributed by atoms with E-state index in [0.29, 0.717) is 6.26 Å². The summed E-state index contributed by atoms with van der Waals surface area (Å²) in [5.41, 5.74) is -0.325. The van der Waals surface area contributed by atoms with E-state index in [-0.39, 0.29) is 23.9 Å². The summed E-state index contributed by atoms with van der Waals surface area (Å²) in [7, 11) is 0. The zero-order chi connectivity index (χ0) is 12.0. The van der Waals surface area contributed by atoms with E-state index in [2.05, 4.69) is 4.74 Å². The first-order chi connectivity index (χ1) is 7.70. The Morgan fingerprint density at radius 1 is 1.31 bits per heavy atom. The Balaban J connectivity index is 2.65. The lowest BCUT2D eigenvalue weighted by atomic mass is 9.84. The van der Waals surface area contributed by atoms with E-state index in [1.54, 1.807) is 6.92 Å². The van der Waals surface area contributed by atoms with Crippen molar-refractivity contribution in [2.45, 2.75) is 39.0 Å². The highest BCUT2D eigenvalue weighted by Gasteiger charge is 2.27. The maximum Gasteiger partial charge on any atom is 0.340 e. The van der Waals surface area contributed by atoms with Gasteiger partial charge in [-0.15, -0.1) is 6.26 Å². The van der Waals surface area contributed by atoms with Gasteiger partial charge < -0.3 is 9.84 Å². The number of Topliss-reactive ketones (excluding diaryl/α,β-unsaturated/α-hetero) is 1. The largest absolute Gasteiger partial charge is 0.877 e. The van der Waals surface area contributed by atoms with Gasteiger partial charge in [-0.3, -0.25) is 4.79 Å². The minimum Gasteiger partial charge on any atom is -0.877 e. The Morgan fingerprint density at radius 2 is 1.94 bits per heavy atom. The topological polar surface area (TPSA) is 66.4 Å². The Hall–Kier alpha value is -1.32. The third kappa shape index (κ3) is 3.08. The van der Waals surface area contributed by atoms with E-state index >= 15 is 0 Å². The Bertz CT molecular complexity index is 287. The van der Waals surface area contributed by atoms with Gasteiger partial charge in [0, 0.05) is 5.92 Å². The molecule has 0 aromatic carbocycles. The fourth-order valence-electron chi connectivity index (χ4n) is 2.00. The average Bonchev–Trinajstić information content (AvgIpc) is 2.31. The van der Waals surface area contributed by atoms with Crippen molar-refractivity contribution < 1.29 is 19.4 Å². The standard InChI is InChI=1S/C12H18O4/c1-2-16-12(15)10(8-13)11(14)9-6-4-3-5-7-9/h8-9,13H,2-7H2,1H3/p-1/b10-8-. The third-order valence-electron chi connectivity index (χ3n) is 2.85. The molecule has 0 bridgehead atoms. The number of rotatable bonds is 4. The van der Waals surface area contributed by atoms with Gasteiger partial charge in [-0.05, 0) is 19.8 Å². The molecule has 90 valence electrons. The zero-order valence-electron chi connectivity index (χ0n) is 9.53. The van der Waals surface area contributed by atoms with Crippen LogP contribution in [0.5, 0.6) is 0 Å². The summed E-state index contributed by atoms with van der Waals surface area (Å²) in [6.45, 7) is 1.82. The lowest BCUT2D eigenvalue weighted by Gasteiger charge is -2.21. The fourth-order valence-corrected chi connectivity index (χ4v) is 2.00. The molecule has 0 aromatic rings. The second-order valence-corrected chi connectivity index (χ2v) is 3.95. The van der Waals surface area contributed by atoms with Crippen LogP contribution in [0, 0.1) is 5.92 Å². The first-order valence-electron chi connectivity index (χ1n) is 5.74. The maximum atomic E-state index is 11.9. The van der Waals surface area contributed by atoms with Crippen molar-refractivity contribution in [2.24, 2.45) is 5.92 Å². The number of carbonyl (C=O) groups excluding carboxylic acids is 2. The molecule has 1 aliphatic carbocycles. The number of carbonyl (C=O) groups is 2. The van der Waals surface area contributed by atoms with E-state index in [1.807, 2.05) is 0 Å². The number of hydrogen-bond donors (Lipinski definition) is 0. The molecule has 0 unspecified atom stereocenters. The molecule has 4 heteroatoms. The molecule has 16 heavy (non-hydrogen) atoms. The van der Waals surface area contributed by atoms with Crippen molar-refractivity contribution in [1.29, 1.82) is 0 Å². The predicted octanol–water partition coefficient (Wildman–Crippen LogP) is 0.943. The SMILES string of the molecule is CCOC(=O)/C(=C\[O-])C(=O)C1CCCCC1. The molecule has 0 atom stereocenters. The third-order valence-corrected chi connectivity index (χ3v) is 2.85. The van der Waals surface area contributed by atoms with Crippen molar-refractivity contribution in [3.63, 3.8) is 0 Å². The molecule has 1 aliphatic rings. The van der Waals surface area contributed by atoms with Crippen molar-refractivity contribution in [2.75, 3.05) is 6.61 Å². The molecule has 4 nitrogen and oxygen atoms in total. The zero-order valence-corrected chi connectivity index (χ0v) is 9.53. The summed E-state index contributed by atoms with van der Waals surface area (Å²) in [4.78, 5) is 23.2. The molecule has 0 amide bonds. The first kappa shape index (κ1) is 12.7. The van der Waals surface area contributed by atoms with Crippen LogP contribution in [0.3, 0.4) is 0 Å². The monoisotopic (exact) mass is 225 g/mol. The van der Waals surface area contributed by atoms with E-state index < -0.39 is 5.97 Å². The molecule has 1 rings (SSSR count). The van der Waals surface area contributed by atoms with Crippen LogP contribution in [-0.4, -0.2) is 18.4 Å². The summed E-state index contributed by atoms with van der Waals surface area (Å²) in [5, 5.41) is 10.7. The molecule has 0 radical (unpaired) electrons. The van der Waals surface area contributed by atoms with Crippen LogP contribution in [0.25, 0.3) is 0 Å². The van der Waals surface area contributed by atoms with Crippen LogP contribution >= 0.6 is 0 Å². The number of esters is 1. The lowest BCUT2D eigenvalue weighted by molar-refractivity contribution is -0.276. The first-order valence-corrected chi connectivity index (χ1v) is 5.74. The maximum absolute atomic E-state index is 11.9. The Labute approximate surface area is 95.3 Å². The van der Waals surface area contributed by atoms with Crippen molar-refractivity contribution in [1.82, 2.24) is 0 Å². The van der Waals surface area contributed by atoms with Gasteiger partial charge in [0.25, 0.3) is 0 Å². The van der Waals surface area contributed by atoms with Crippen molar-refractivity contribution in [3.8, 4) is 0 Å². The van der Waals surface area contributed by atoms with Gasteiger partial charge in [0.05, 0.1) is 12.2 Å². The minimum absolute atomic E-state index is 0.168. The summed E-state index contributed by atoms with van der Waals surface area (Å²) in [6, 6.07) is 0. The second kappa shape index (κ2) is 6.30. The summed E-state index contributed by atoms with van der Waals surface area (Å²) in [5.74, 6) is -1.29. The normalized spacial score (nSPS) is 18.2. The summed E-state index contributed by atoms with van der Waals surface area (Å²) in [6.07, 6.45) is 4.98. The fraction of sp³-hybridized carbons (Fsp3) is 0.667. The van der Waals surface area contributed by atoms with Crippen LogP contribution in [-0.2, 0) is 14.3 Å². The predicted molar refractivity (Wildman–Crippen MR) is 56.3 cm³/mol. The van der Waals surface area contributed by atoms with Gasteiger partial charge in [0.1, 0.15) is 0 Å². The molecule has 0 heterocycles. The average molecular weight is 225 g/mol. The van der Waals surface area contributed by atoms with Gasteiger partial charge in [0.2, 0.25) is 0 Å². The van der Waals surface area contributed by atoms with E-state index in [1.165, 1.54) is 0 Å². The summed E-state index contributed by atoms with van der Waals surface area (Å²) < 4.78 is 4.68. The molecule has 0 aromatic heterocycles. The van der Waals surface area contributed by atoms with Gasteiger partial charge in [-0.25, -0.2) is 4.79 Å². The second-order valence-electron chi connectivity index (χ2n) is 3.95. The molecular formula is C12H17O4-. The van der Waals surface area contributed by atoms with Gasteiger partial charge in [-0.1, -0.05) is 19.3 Å². The van der Waals surface area contributed by atoms with Crippen molar-refractivity contribution in [3.05, 3.63) is 11.8 Å². The van der Waals surface area contributed by atoms with E-state index in [4.69, 9.17) is 0 Å². The lowest BCUT2D eigenvalue weighted by Crippen LogP contribution is -2.26. The van der Waals surface area contributed by atoms with Crippen LogP contribution in [0.4, 0.5) is 0 Å². The molecule has 0 saturated heterocycles. The van der Waals surface area contributed by atoms with Gasteiger partial charge in [-0.2, -0.15) is 0 Å². The van der Waals surface area contributed by atoms with Crippen molar-refractivity contribution >= 4 is 11.8 Å². The highest BCUT2D eigenvalue weighted by atomic mass is 16.5. The quantitative estimate of drug-likeness (QED) is 0.235. The van der Waals surface area contributed by atoms with Gasteiger partial charge >= 0.3 is 5.97 Å². The highest BCUT2D eigenvalue weighted by Crippen LogP contribution is 2.26. The molecular weight excluding hydrogens is 208 g/mol. The number of hydrogen-bond acceptors (Lipinski definition) is 4. The van der Waals surface area contributed by atoms with Gasteiger partial charge in [0.15, 0.2) is 5.78 Å². The molecule has 0 spiro atoms. The molecule has 1 fully saturated rings. The van der Waals surface area contributed by atoms with E-state index in [0.717, 1.165) is 32.1 Å². The Morgan fingerprint density at radius 3 is 2.44 bits per heavy atom. The molecule has 0 N–H and O–H groups in total. The highest BCUT2D eigenvalue weighted by molar-refractivity contribution is 6.17.